The second kappa shape index (κ2) is 17.6. The Morgan fingerprint density at radius 2 is 1.07 bits per heavy atom. The van der Waals surface area contributed by atoms with E-state index in [-0.39, 0.29) is 10.7 Å². The number of aryl methyl sites for hydroxylation is 2. The third-order valence-electron chi connectivity index (χ3n) is 10.0. The number of rotatable bonds is 12. The van der Waals surface area contributed by atoms with Crippen LogP contribution in [0.2, 0.25) is 5.02 Å². The summed E-state index contributed by atoms with van der Waals surface area (Å²) >= 11 is 8.81. The van der Waals surface area contributed by atoms with Crippen LogP contribution in [0.15, 0.2) is 186 Å². The molecule has 4 heteroatoms. The quantitative estimate of drug-likeness (QED) is 0.0687. The van der Waals surface area contributed by atoms with E-state index in [1.807, 2.05) is 36.0 Å². The molecule has 0 amide bonds. The van der Waals surface area contributed by atoms with Crippen LogP contribution < -0.4 is 0 Å². The maximum Gasteiger partial charge on any atom is 0.0815 e. The zero-order chi connectivity index (χ0) is 39.1. The van der Waals surface area contributed by atoms with Crippen LogP contribution >= 0.6 is 23.4 Å². The van der Waals surface area contributed by atoms with Crippen LogP contribution in [0.3, 0.4) is 0 Å². The number of hydrogen-bond acceptors (Lipinski definition) is 2. The van der Waals surface area contributed by atoms with Crippen molar-refractivity contribution in [3.63, 3.8) is 0 Å². The topological polar surface area (TPSA) is 17.3 Å². The van der Waals surface area contributed by atoms with Gasteiger partial charge in [0.15, 0.2) is 0 Å². The lowest BCUT2D eigenvalue weighted by Gasteiger charge is -2.28. The van der Waals surface area contributed by atoms with Crippen LogP contribution in [0.5, 0.6) is 0 Å². The minimum atomic E-state index is -0.0692. The lowest BCUT2D eigenvalue weighted by molar-refractivity contribution is 0.543. The van der Waals surface area contributed by atoms with Crippen molar-refractivity contribution in [1.29, 1.82) is 0 Å². The Kier molecular flexibility index (Phi) is 12.2. The monoisotopic (exact) mass is 768 g/mol. The Morgan fingerprint density at radius 3 is 1.54 bits per heavy atom. The zero-order valence-electron chi connectivity index (χ0n) is 32.9. The Balaban J connectivity index is 1.58. The number of allylic oxidation sites excluding steroid dienone is 2. The van der Waals surface area contributed by atoms with Crippen LogP contribution in [-0.2, 0) is 6.54 Å². The van der Waals surface area contributed by atoms with Crippen LogP contribution in [0.4, 0.5) is 5.69 Å². The molecule has 0 fully saturated rings. The molecule has 0 aliphatic rings. The van der Waals surface area contributed by atoms with E-state index >= 15 is 0 Å². The summed E-state index contributed by atoms with van der Waals surface area (Å²) in [6.07, 6.45) is 5.28. The molecule has 0 radical (unpaired) electrons. The molecule has 0 N–H and O–H groups in total. The number of aliphatic imine (C=N–C) groups is 1. The van der Waals surface area contributed by atoms with Crippen molar-refractivity contribution in [2.24, 2.45) is 10.4 Å². The van der Waals surface area contributed by atoms with Gasteiger partial charge in [0.2, 0.25) is 0 Å². The van der Waals surface area contributed by atoms with E-state index in [4.69, 9.17) is 16.6 Å². The minimum absolute atomic E-state index is 0.0291. The van der Waals surface area contributed by atoms with Crippen LogP contribution in [0.1, 0.15) is 38.6 Å². The third kappa shape index (κ3) is 9.19. The molecule has 0 saturated heterocycles. The van der Waals surface area contributed by atoms with Crippen molar-refractivity contribution in [3.8, 4) is 44.5 Å². The molecule has 56 heavy (non-hydrogen) atoms. The number of para-hydroxylation sites is 1. The highest BCUT2D eigenvalue weighted by Crippen LogP contribution is 2.51. The van der Waals surface area contributed by atoms with Gasteiger partial charge < -0.3 is 4.57 Å². The Hall–Kier alpha value is -5.35. The van der Waals surface area contributed by atoms with Crippen LogP contribution in [0, 0.1) is 19.3 Å². The lowest BCUT2D eigenvalue weighted by atomic mass is 9.85. The molecule has 0 bridgehead atoms. The summed E-state index contributed by atoms with van der Waals surface area (Å²) in [5.41, 5.74) is 13.9. The van der Waals surface area contributed by atoms with Gasteiger partial charge in [0.1, 0.15) is 0 Å². The molecule has 1 heterocycles. The second-order valence-electron chi connectivity index (χ2n) is 15.4. The first-order valence-corrected chi connectivity index (χ1v) is 20.6. The van der Waals surface area contributed by atoms with Gasteiger partial charge in [-0.2, -0.15) is 0 Å². The molecule has 0 aliphatic heterocycles. The summed E-state index contributed by atoms with van der Waals surface area (Å²) in [6.45, 7) is 11.9. The maximum atomic E-state index is 6.88. The average molecular weight is 769 g/mol. The van der Waals surface area contributed by atoms with Crippen molar-refractivity contribution in [2.45, 2.75) is 57.7 Å². The summed E-state index contributed by atoms with van der Waals surface area (Å²) < 4.78 is 2.44. The molecule has 0 aliphatic carbocycles. The predicted molar refractivity (Wildman–Crippen MR) is 243 cm³/mol. The highest BCUT2D eigenvalue weighted by atomic mass is 35.5. The summed E-state index contributed by atoms with van der Waals surface area (Å²) in [5.74, 6) is 0. The fourth-order valence-electron chi connectivity index (χ4n) is 7.24. The van der Waals surface area contributed by atoms with E-state index in [9.17, 15) is 0 Å². The molecule has 1 aromatic heterocycles. The van der Waals surface area contributed by atoms with Gasteiger partial charge in [0, 0.05) is 46.1 Å². The Bertz CT molecular complexity index is 2320. The molecule has 0 saturated carbocycles. The summed E-state index contributed by atoms with van der Waals surface area (Å²) in [7, 11) is 0. The molecule has 1 atom stereocenters. The summed E-state index contributed by atoms with van der Waals surface area (Å²) in [6, 6.07) is 58.3. The number of thioether (sulfide) groups is 1. The van der Waals surface area contributed by atoms with Crippen LogP contribution in [-0.4, -0.2) is 15.5 Å². The Morgan fingerprint density at radius 1 is 0.625 bits per heavy atom. The van der Waals surface area contributed by atoms with E-state index in [1.54, 1.807) is 0 Å². The van der Waals surface area contributed by atoms with E-state index < -0.39 is 0 Å². The highest BCUT2D eigenvalue weighted by Gasteiger charge is 2.28. The summed E-state index contributed by atoms with van der Waals surface area (Å²) in [5, 5.41) is 0.578. The number of benzene rings is 6. The normalized spacial score (nSPS) is 12.6. The zero-order valence-corrected chi connectivity index (χ0v) is 34.5. The smallest absolute Gasteiger partial charge is 0.0815 e. The first-order chi connectivity index (χ1) is 27.2. The van der Waals surface area contributed by atoms with Gasteiger partial charge in [0.25, 0.3) is 0 Å². The predicted octanol–water partition coefficient (Wildman–Crippen LogP) is 15.4. The fraction of sp³-hybridized carbons (Fsp3) is 0.173. The minimum Gasteiger partial charge on any atom is -0.348 e. The fourth-order valence-corrected chi connectivity index (χ4v) is 8.90. The van der Waals surface area contributed by atoms with Crippen molar-refractivity contribution in [1.82, 2.24) is 4.57 Å². The van der Waals surface area contributed by atoms with Gasteiger partial charge in [-0.1, -0.05) is 178 Å². The molecule has 0 spiro atoms. The highest BCUT2D eigenvalue weighted by molar-refractivity contribution is 8.01. The van der Waals surface area contributed by atoms with Gasteiger partial charge in [-0.25, -0.2) is 0 Å². The van der Waals surface area contributed by atoms with Gasteiger partial charge in [-0.15, -0.1) is 11.8 Å². The standard InChI is InChI=1S/C52H49ClN2S/c1-37-32-33-38(2)55(37)36-48(47(31-20-34-52(3,4)5)54-46-30-19-18-29-45(46)53)56-51-49(41-25-14-8-15-26-41)43(39-21-10-6-11-22-39)35-44(40-23-12-7-13-24-40)50(51)42-27-16-9-17-28-42/h6-30,32-35,48H,31,36H2,1-5H3/b34-20+,54-47+/t48-/m0/s1. The van der Waals surface area contributed by atoms with E-state index in [0.717, 1.165) is 17.9 Å². The first-order valence-electron chi connectivity index (χ1n) is 19.4. The third-order valence-corrected chi connectivity index (χ3v) is 11.7. The van der Waals surface area contributed by atoms with Crippen molar-refractivity contribution >= 4 is 34.8 Å². The number of halogens is 1. The molecule has 7 rings (SSSR count). The maximum absolute atomic E-state index is 6.88. The SMILES string of the molecule is Cc1ccc(C)n1C[C@H](Sc1c(-c2ccccc2)c(-c2ccccc2)cc(-c2ccccc2)c1-c1ccccc1)/C(C/C=C/C(C)(C)C)=N/c1ccccc1Cl. The van der Waals surface area contributed by atoms with Crippen molar-refractivity contribution in [3.05, 3.63) is 192 Å². The van der Waals surface area contributed by atoms with E-state index in [1.165, 1.54) is 60.8 Å². The average Bonchev–Trinajstić information content (AvgIpc) is 3.53. The van der Waals surface area contributed by atoms with Gasteiger partial charge in [-0.3, -0.25) is 4.99 Å². The van der Waals surface area contributed by atoms with Crippen LogP contribution in [0.25, 0.3) is 44.5 Å². The number of hydrogen-bond donors (Lipinski definition) is 0. The first kappa shape index (κ1) is 38.9. The van der Waals surface area contributed by atoms with Crippen molar-refractivity contribution < 1.29 is 0 Å². The second-order valence-corrected chi connectivity index (χ2v) is 17.0. The lowest BCUT2D eigenvalue weighted by Crippen LogP contribution is -2.24. The van der Waals surface area contributed by atoms with Gasteiger partial charge in [-0.05, 0) is 83.0 Å². The van der Waals surface area contributed by atoms with Gasteiger partial charge >= 0.3 is 0 Å². The molecule has 6 aromatic carbocycles. The molecular weight excluding hydrogens is 720 g/mol. The van der Waals surface area contributed by atoms with E-state index in [0.29, 0.717) is 11.4 Å². The van der Waals surface area contributed by atoms with E-state index in [2.05, 4.69) is 191 Å². The number of aromatic nitrogens is 1. The molecule has 7 aromatic rings. The van der Waals surface area contributed by atoms with Gasteiger partial charge in [0.05, 0.1) is 16.0 Å². The summed E-state index contributed by atoms with van der Waals surface area (Å²) in [4.78, 5) is 6.70. The molecule has 0 unspecified atom stereocenters. The largest absolute Gasteiger partial charge is 0.348 e. The number of nitrogens with zero attached hydrogens (tertiary/aromatic N) is 2. The Labute approximate surface area is 342 Å². The van der Waals surface area contributed by atoms with Crippen molar-refractivity contribution in [2.75, 3.05) is 0 Å². The molecule has 2 nitrogen and oxygen atoms in total. The molecular formula is C52H49ClN2S. The molecule has 280 valence electrons.